The molecule has 11 heteroatoms. The highest BCUT2D eigenvalue weighted by Crippen LogP contribution is 2.31. The van der Waals surface area contributed by atoms with E-state index in [1.54, 1.807) is 7.05 Å². The maximum absolute atomic E-state index is 12.1. The van der Waals surface area contributed by atoms with Gasteiger partial charge in [0.1, 0.15) is 16.1 Å². The highest BCUT2D eigenvalue weighted by Gasteiger charge is 2.22. The summed E-state index contributed by atoms with van der Waals surface area (Å²) in [4.78, 5) is 14.7. The minimum atomic E-state index is -3.78. The number of halogens is 1. The summed E-state index contributed by atoms with van der Waals surface area (Å²) in [7, 11) is -2.06. The van der Waals surface area contributed by atoms with Gasteiger partial charge >= 0.3 is 5.97 Å². The average molecular weight is 395 g/mol. The normalized spacial score (nSPS) is 11.7. The number of nitrogens with zero attached hydrogens (tertiary/aromatic N) is 3. The number of carboxylic acids is 1. The Kier molecular flexibility index (Phi) is 4.76. The van der Waals surface area contributed by atoms with E-state index < -0.39 is 16.0 Å². The Morgan fingerprint density at radius 2 is 2.29 bits per heavy atom. The highest BCUT2D eigenvalue weighted by atomic mass is 79.9. The SMILES string of the molecule is Cn1cnc(CCNS(=O)(=O)c2cc(C(=O)O)sc2Br)n1. The van der Waals surface area contributed by atoms with Crippen molar-refractivity contribution in [1.29, 1.82) is 0 Å². The van der Waals surface area contributed by atoms with Crippen LogP contribution >= 0.6 is 27.3 Å². The molecule has 0 aliphatic carbocycles. The van der Waals surface area contributed by atoms with Gasteiger partial charge in [0.15, 0.2) is 5.82 Å². The lowest BCUT2D eigenvalue weighted by molar-refractivity contribution is 0.0702. The summed E-state index contributed by atoms with van der Waals surface area (Å²) in [5.74, 6) is -0.643. The van der Waals surface area contributed by atoms with E-state index in [1.165, 1.54) is 11.0 Å². The number of hydrogen-bond acceptors (Lipinski definition) is 6. The monoisotopic (exact) mass is 394 g/mol. The van der Waals surface area contributed by atoms with Gasteiger partial charge in [0.25, 0.3) is 0 Å². The van der Waals surface area contributed by atoms with E-state index in [0.717, 1.165) is 17.4 Å². The molecule has 0 aliphatic rings. The minimum absolute atomic E-state index is 0.0476. The van der Waals surface area contributed by atoms with Crippen LogP contribution in [0.25, 0.3) is 0 Å². The van der Waals surface area contributed by atoms with Gasteiger partial charge in [0.2, 0.25) is 10.0 Å². The number of hydrogen-bond donors (Lipinski definition) is 2. The third-order valence-corrected chi connectivity index (χ3v) is 6.14. The molecule has 2 rings (SSSR count). The maximum atomic E-state index is 12.1. The van der Waals surface area contributed by atoms with Gasteiger partial charge in [-0.3, -0.25) is 4.68 Å². The zero-order valence-corrected chi connectivity index (χ0v) is 14.0. The Morgan fingerprint density at radius 1 is 1.57 bits per heavy atom. The van der Waals surface area contributed by atoms with Gasteiger partial charge in [-0.05, 0) is 22.0 Å². The second kappa shape index (κ2) is 6.22. The first kappa shape index (κ1) is 16.1. The summed E-state index contributed by atoms with van der Waals surface area (Å²) in [5.41, 5.74) is 0. The number of aromatic carboxylic acids is 1. The maximum Gasteiger partial charge on any atom is 0.345 e. The van der Waals surface area contributed by atoms with Crippen molar-refractivity contribution < 1.29 is 18.3 Å². The molecule has 0 aliphatic heterocycles. The van der Waals surface area contributed by atoms with E-state index >= 15 is 0 Å². The van der Waals surface area contributed by atoms with Crippen LogP contribution in [0.5, 0.6) is 0 Å². The lowest BCUT2D eigenvalue weighted by Crippen LogP contribution is -2.26. The minimum Gasteiger partial charge on any atom is -0.477 e. The molecule has 21 heavy (non-hydrogen) atoms. The molecule has 114 valence electrons. The molecule has 0 saturated carbocycles. The van der Waals surface area contributed by atoms with Crippen LogP contribution < -0.4 is 4.72 Å². The third-order valence-electron chi connectivity index (χ3n) is 2.44. The summed E-state index contributed by atoms with van der Waals surface area (Å²) >= 11 is 3.92. The Hall–Kier alpha value is -1.30. The largest absolute Gasteiger partial charge is 0.477 e. The topological polar surface area (TPSA) is 114 Å². The van der Waals surface area contributed by atoms with Crippen LogP contribution in [-0.4, -0.2) is 40.8 Å². The van der Waals surface area contributed by atoms with Crippen molar-refractivity contribution in [1.82, 2.24) is 19.5 Å². The Bertz CT molecular complexity index is 768. The van der Waals surface area contributed by atoms with Crippen molar-refractivity contribution in [3.8, 4) is 0 Å². The van der Waals surface area contributed by atoms with Crippen LogP contribution in [0.15, 0.2) is 21.1 Å². The molecule has 0 radical (unpaired) electrons. The van der Waals surface area contributed by atoms with Gasteiger partial charge in [-0.2, -0.15) is 5.10 Å². The lowest BCUT2D eigenvalue weighted by atomic mass is 10.4. The second-order valence-electron chi connectivity index (χ2n) is 4.04. The first-order valence-corrected chi connectivity index (χ1v) is 8.75. The van der Waals surface area contributed by atoms with Crippen molar-refractivity contribution in [2.45, 2.75) is 11.3 Å². The zero-order valence-electron chi connectivity index (χ0n) is 10.8. The third kappa shape index (κ3) is 3.87. The van der Waals surface area contributed by atoms with Gasteiger partial charge < -0.3 is 5.11 Å². The number of carbonyl (C=O) groups is 1. The van der Waals surface area contributed by atoms with Gasteiger partial charge in [0.05, 0.1) is 3.79 Å². The number of rotatable bonds is 6. The molecular formula is C10H11BrN4O4S2. The predicted octanol–water partition coefficient (Wildman–Crippen LogP) is 0.858. The lowest BCUT2D eigenvalue weighted by Gasteiger charge is -2.04. The number of sulfonamides is 1. The fourth-order valence-corrected chi connectivity index (χ4v) is 4.95. The molecule has 0 spiro atoms. The first-order valence-electron chi connectivity index (χ1n) is 5.66. The number of aryl methyl sites for hydroxylation is 1. The summed E-state index contributed by atoms with van der Waals surface area (Å²) in [6, 6.07) is 1.12. The van der Waals surface area contributed by atoms with E-state index in [-0.39, 0.29) is 20.1 Å². The molecule has 0 bridgehead atoms. The van der Waals surface area contributed by atoms with E-state index in [0.29, 0.717) is 12.2 Å². The Morgan fingerprint density at radius 3 is 2.81 bits per heavy atom. The standard InChI is InChI=1S/C10H11BrN4O4S2/c1-15-5-12-8(14-15)2-3-13-21(18,19)7-4-6(10(16)17)20-9(7)11/h4-5,13H,2-3H2,1H3,(H,16,17). The molecule has 2 N–H and O–H groups in total. The van der Waals surface area contributed by atoms with Crippen LogP contribution in [0, 0.1) is 0 Å². The number of nitrogens with one attached hydrogen (secondary N) is 1. The molecule has 2 aromatic heterocycles. The molecule has 8 nitrogen and oxygen atoms in total. The number of carboxylic acid groups (broad SMARTS) is 1. The number of aromatic nitrogens is 3. The Balaban J connectivity index is 2.06. The zero-order chi connectivity index (χ0) is 15.6. The fourth-order valence-electron chi connectivity index (χ4n) is 1.51. The van der Waals surface area contributed by atoms with Gasteiger partial charge in [-0.25, -0.2) is 22.9 Å². The molecule has 0 fully saturated rings. The van der Waals surface area contributed by atoms with E-state index in [1.807, 2.05) is 0 Å². The van der Waals surface area contributed by atoms with Crippen molar-refractivity contribution >= 4 is 43.3 Å². The molecule has 0 amide bonds. The number of thiophene rings is 1. The molecule has 2 heterocycles. The fraction of sp³-hybridized carbons (Fsp3) is 0.300. The van der Waals surface area contributed by atoms with E-state index in [4.69, 9.17) is 5.11 Å². The van der Waals surface area contributed by atoms with E-state index in [2.05, 4.69) is 30.7 Å². The van der Waals surface area contributed by atoms with Gasteiger partial charge in [-0.1, -0.05) is 0 Å². The van der Waals surface area contributed by atoms with Crippen molar-refractivity contribution in [2.75, 3.05) is 6.54 Å². The average Bonchev–Trinajstić information content (AvgIpc) is 2.96. The molecule has 0 atom stereocenters. The van der Waals surface area contributed by atoms with Crippen molar-refractivity contribution in [2.24, 2.45) is 7.05 Å². The Labute approximate surface area is 133 Å². The van der Waals surface area contributed by atoms with Crippen molar-refractivity contribution in [3.63, 3.8) is 0 Å². The van der Waals surface area contributed by atoms with Crippen LogP contribution in [0.1, 0.15) is 15.5 Å². The van der Waals surface area contributed by atoms with Gasteiger partial charge in [-0.15, -0.1) is 11.3 Å². The van der Waals surface area contributed by atoms with Crippen LogP contribution in [0.2, 0.25) is 0 Å². The molecule has 2 aromatic rings. The summed E-state index contributed by atoms with van der Waals surface area (Å²) in [6.07, 6.45) is 1.87. The van der Waals surface area contributed by atoms with Crippen LogP contribution in [-0.2, 0) is 23.5 Å². The molecule has 0 aromatic carbocycles. The second-order valence-corrected chi connectivity index (χ2v) is 8.14. The van der Waals surface area contributed by atoms with E-state index in [9.17, 15) is 13.2 Å². The van der Waals surface area contributed by atoms with Crippen LogP contribution in [0.4, 0.5) is 0 Å². The quantitative estimate of drug-likeness (QED) is 0.750. The van der Waals surface area contributed by atoms with Crippen molar-refractivity contribution in [3.05, 3.63) is 26.9 Å². The summed E-state index contributed by atoms with van der Waals surface area (Å²) in [5, 5.41) is 12.9. The smallest absolute Gasteiger partial charge is 0.345 e. The summed E-state index contributed by atoms with van der Waals surface area (Å²) in [6.45, 7) is 0.122. The molecular weight excluding hydrogens is 384 g/mol. The van der Waals surface area contributed by atoms with Gasteiger partial charge in [0, 0.05) is 20.0 Å². The molecule has 0 unspecified atom stereocenters. The first-order chi connectivity index (χ1) is 9.79. The predicted molar refractivity (Wildman–Crippen MR) is 78.9 cm³/mol. The highest BCUT2D eigenvalue weighted by molar-refractivity contribution is 9.11. The molecule has 0 saturated heterocycles. The summed E-state index contributed by atoms with van der Waals surface area (Å²) < 4.78 is 28.4. The van der Waals surface area contributed by atoms with Crippen LogP contribution in [0.3, 0.4) is 0 Å².